The molecule has 2 N–H and O–H groups in total. The summed E-state index contributed by atoms with van der Waals surface area (Å²) in [6, 6.07) is 8.01. The molecule has 1 saturated carbocycles. The Morgan fingerprint density at radius 1 is 1.20 bits per heavy atom. The average Bonchev–Trinajstić information content (AvgIpc) is 3.55. The number of aromatic nitrogens is 2. The zero-order valence-corrected chi connectivity index (χ0v) is 22.0. The van der Waals surface area contributed by atoms with Gasteiger partial charge in [-0.3, -0.25) is 9.69 Å². The van der Waals surface area contributed by atoms with Gasteiger partial charge in [0.1, 0.15) is 17.9 Å². The molecule has 0 bridgehead atoms. The van der Waals surface area contributed by atoms with E-state index in [-0.39, 0.29) is 17.7 Å². The molecule has 0 unspecified atom stereocenters. The van der Waals surface area contributed by atoms with Crippen molar-refractivity contribution in [3.63, 3.8) is 0 Å². The van der Waals surface area contributed by atoms with Crippen LogP contribution >= 0.6 is 15.9 Å². The van der Waals surface area contributed by atoms with Gasteiger partial charge in [0.2, 0.25) is 5.91 Å². The minimum atomic E-state index is -0.693. The van der Waals surface area contributed by atoms with Crippen molar-refractivity contribution >= 4 is 27.7 Å². The molecule has 2 fully saturated rings. The number of benzene rings is 1. The van der Waals surface area contributed by atoms with E-state index in [1.807, 2.05) is 41.1 Å². The molecule has 8 nitrogen and oxygen atoms in total. The molecule has 1 aromatic carbocycles. The highest BCUT2D eigenvalue weighted by atomic mass is 79.9. The monoisotopic (exact) mass is 543 g/mol. The van der Waals surface area contributed by atoms with E-state index in [4.69, 9.17) is 0 Å². The summed E-state index contributed by atoms with van der Waals surface area (Å²) in [6.45, 7) is 5.42. The van der Waals surface area contributed by atoms with Crippen molar-refractivity contribution in [3.8, 4) is 0 Å². The number of rotatable bonds is 7. The van der Waals surface area contributed by atoms with E-state index >= 15 is 0 Å². The van der Waals surface area contributed by atoms with Gasteiger partial charge in [-0.2, -0.15) is 0 Å². The third-order valence-electron chi connectivity index (χ3n) is 7.90. The Balaban J connectivity index is 1.28. The van der Waals surface area contributed by atoms with Gasteiger partial charge in [-0.15, -0.1) is 0 Å². The highest BCUT2D eigenvalue weighted by Crippen LogP contribution is 2.43. The first-order valence-electron chi connectivity index (χ1n) is 12.5. The minimum Gasteiger partial charge on any atom is -0.387 e. The fourth-order valence-electron chi connectivity index (χ4n) is 5.47. The van der Waals surface area contributed by atoms with E-state index in [2.05, 4.69) is 37.7 Å². The van der Waals surface area contributed by atoms with Gasteiger partial charge in [-0.25, -0.2) is 9.97 Å². The number of carbonyl (C=O) groups excluding carboxylic acids is 1. The topological polar surface area (TPSA) is 93.0 Å². The second-order valence-corrected chi connectivity index (χ2v) is 11.2. The van der Waals surface area contributed by atoms with Crippen LogP contribution in [-0.2, 0) is 4.79 Å². The Morgan fingerprint density at radius 2 is 1.89 bits per heavy atom. The summed E-state index contributed by atoms with van der Waals surface area (Å²) in [6.07, 6.45) is 3.95. The van der Waals surface area contributed by atoms with E-state index in [9.17, 15) is 15.0 Å². The van der Waals surface area contributed by atoms with Gasteiger partial charge >= 0.3 is 0 Å². The summed E-state index contributed by atoms with van der Waals surface area (Å²) >= 11 is 3.49. The van der Waals surface area contributed by atoms with Crippen LogP contribution < -0.4 is 4.90 Å². The summed E-state index contributed by atoms with van der Waals surface area (Å²) in [5, 5.41) is 20.8. The van der Waals surface area contributed by atoms with Crippen LogP contribution in [0.2, 0.25) is 0 Å². The maximum Gasteiger partial charge on any atom is 0.230 e. The van der Waals surface area contributed by atoms with E-state index < -0.39 is 11.8 Å². The van der Waals surface area contributed by atoms with Gasteiger partial charge in [0.15, 0.2) is 0 Å². The van der Waals surface area contributed by atoms with Crippen molar-refractivity contribution in [3.05, 3.63) is 51.9 Å². The number of hydrogen-bond acceptors (Lipinski definition) is 7. The Hall–Kier alpha value is -2.07. The highest BCUT2D eigenvalue weighted by molar-refractivity contribution is 9.10. The molecule has 2 heterocycles. The van der Waals surface area contributed by atoms with Crippen LogP contribution in [-0.4, -0.2) is 81.4 Å². The van der Waals surface area contributed by atoms with E-state index in [0.717, 1.165) is 40.0 Å². The predicted octanol–water partition coefficient (Wildman–Crippen LogP) is 3.02. The van der Waals surface area contributed by atoms with Crippen molar-refractivity contribution in [2.24, 2.45) is 0 Å². The summed E-state index contributed by atoms with van der Waals surface area (Å²) < 4.78 is 0.988. The number of halogens is 1. The second kappa shape index (κ2) is 9.76. The lowest BCUT2D eigenvalue weighted by Gasteiger charge is -2.38. The van der Waals surface area contributed by atoms with Crippen LogP contribution in [0.3, 0.4) is 0 Å². The molecule has 188 valence electrons. The Bertz CT molecular complexity index is 1070. The quantitative estimate of drug-likeness (QED) is 0.518. The van der Waals surface area contributed by atoms with Gasteiger partial charge in [0.25, 0.3) is 0 Å². The van der Waals surface area contributed by atoms with Gasteiger partial charge < -0.3 is 20.0 Å². The number of carbonyl (C=O) groups is 1. The number of nitrogens with zero attached hydrogens (tertiary/aromatic N) is 5. The fraction of sp³-hybridized carbons (Fsp3) is 0.577. The Morgan fingerprint density at radius 3 is 2.54 bits per heavy atom. The molecular weight excluding hydrogens is 510 g/mol. The molecule has 0 radical (unpaired) electrons. The van der Waals surface area contributed by atoms with Gasteiger partial charge in [-0.1, -0.05) is 35.0 Å². The summed E-state index contributed by atoms with van der Waals surface area (Å²) in [4.78, 5) is 28.8. The molecule has 3 aliphatic rings. The lowest BCUT2D eigenvalue weighted by Crippen LogP contribution is -2.50. The Kier molecular flexibility index (Phi) is 6.87. The molecule has 9 heteroatoms. The fourth-order valence-corrected chi connectivity index (χ4v) is 5.73. The SMILES string of the molecule is C[C@@H]1C[C@@H](O)c2ncnc(N3CCN(C(=O)[C@H](CCN(C)C4(O)CC4)c4ccc(Br)cc4)CC3)c21. The second-order valence-electron chi connectivity index (χ2n) is 10.3. The minimum absolute atomic E-state index is 0.139. The molecule has 2 aromatic rings. The van der Waals surface area contributed by atoms with E-state index in [0.29, 0.717) is 45.6 Å². The normalized spacial score (nSPS) is 23.9. The zero-order valence-electron chi connectivity index (χ0n) is 20.4. The van der Waals surface area contributed by atoms with Crippen LogP contribution in [0.15, 0.2) is 35.1 Å². The van der Waals surface area contributed by atoms with Crippen LogP contribution in [0.5, 0.6) is 0 Å². The molecule has 5 rings (SSSR count). The first kappa shape index (κ1) is 24.6. The number of fused-ring (bicyclic) bond motifs is 1. The van der Waals surface area contributed by atoms with Crippen molar-refractivity contribution in [2.75, 3.05) is 44.7 Å². The average molecular weight is 544 g/mol. The molecular formula is C26H34BrN5O3. The maximum absolute atomic E-state index is 13.7. The van der Waals surface area contributed by atoms with Gasteiger partial charge in [-0.05, 0) is 56.3 Å². The van der Waals surface area contributed by atoms with Crippen molar-refractivity contribution in [1.82, 2.24) is 19.8 Å². The van der Waals surface area contributed by atoms with E-state index in [1.54, 1.807) is 6.33 Å². The molecule has 3 atom stereocenters. The van der Waals surface area contributed by atoms with Crippen LogP contribution in [0, 0.1) is 0 Å². The molecule has 1 aliphatic heterocycles. The number of anilines is 1. The first-order valence-corrected chi connectivity index (χ1v) is 13.3. The molecule has 0 spiro atoms. The lowest BCUT2D eigenvalue weighted by atomic mass is 9.93. The van der Waals surface area contributed by atoms with Crippen molar-refractivity contribution < 1.29 is 15.0 Å². The number of amides is 1. The zero-order chi connectivity index (χ0) is 24.7. The lowest BCUT2D eigenvalue weighted by molar-refractivity contribution is -0.133. The van der Waals surface area contributed by atoms with Gasteiger partial charge in [0, 0.05) is 42.8 Å². The number of aliphatic hydroxyl groups excluding tert-OH is 1. The van der Waals surface area contributed by atoms with Crippen molar-refractivity contribution in [1.29, 1.82) is 0 Å². The predicted molar refractivity (Wildman–Crippen MR) is 137 cm³/mol. The maximum atomic E-state index is 13.7. The number of piperazine rings is 1. The molecule has 35 heavy (non-hydrogen) atoms. The molecule has 1 saturated heterocycles. The van der Waals surface area contributed by atoms with Crippen LogP contribution in [0.1, 0.15) is 67.4 Å². The largest absolute Gasteiger partial charge is 0.387 e. The van der Waals surface area contributed by atoms with Crippen LogP contribution in [0.4, 0.5) is 5.82 Å². The Labute approximate surface area is 215 Å². The molecule has 1 aromatic heterocycles. The highest BCUT2D eigenvalue weighted by Gasteiger charge is 2.44. The molecule has 2 aliphatic carbocycles. The third-order valence-corrected chi connectivity index (χ3v) is 8.43. The van der Waals surface area contributed by atoms with Crippen molar-refractivity contribution in [2.45, 2.75) is 56.3 Å². The van der Waals surface area contributed by atoms with Gasteiger partial charge in [0.05, 0.1) is 17.7 Å². The number of aliphatic hydroxyl groups is 2. The van der Waals surface area contributed by atoms with E-state index in [1.165, 1.54) is 0 Å². The standard InChI is InChI=1S/C26H34BrN5O3/c1-17-15-21(33)23-22(17)24(29-16-28-23)31-11-13-32(14-12-31)25(34)20(18-3-5-19(27)6-4-18)7-10-30(2)26(35)8-9-26/h3-6,16-17,20-21,33,35H,7-15H2,1-2H3/t17-,20-,21-/m1/s1. The molecule has 1 amide bonds. The first-order chi connectivity index (χ1) is 16.8. The summed E-state index contributed by atoms with van der Waals surface area (Å²) in [5.41, 5.74) is 2.11. The summed E-state index contributed by atoms with van der Waals surface area (Å²) in [5.74, 6) is 1.00. The third kappa shape index (κ3) is 4.96. The smallest absolute Gasteiger partial charge is 0.230 e. The van der Waals surface area contributed by atoms with Crippen LogP contribution in [0.25, 0.3) is 0 Å². The number of hydrogen-bond donors (Lipinski definition) is 2. The summed E-state index contributed by atoms with van der Waals surface area (Å²) in [7, 11) is 1.94.